The normalized spacial score (nSPS) is 13.0. The molecule has 0 saturated carbocycles. The molecule has 0 bridgehead atoms. The largest absolute Gasteiger partial charge is 0.481 e. The SMILES string of the molecule is COC(=O)CC(CCOC(=O)CC(C)C(=O)O)CC(=O)O. The molecule has 0 aromatic rings. The molecule has 0 heterocycles. The van der Waals surface area contributed by atoms with Crippen molar-refractivity contribution in [3.05, 3.63) is 0 Å². The van der Waals surface area contributed by atoms with E-state index in [1.165, 1.54) is 14.0 Å². The number of carboxylic acid groups (broad SMARTS) is 2. The molecule has 0 fully saturated rings. The van der Waals surface area contributed by atoms with E-state index in [1.807, 2.05) is 0 Å². The summed E-state index contributed by atoms with van der Waals surface area (Å²) in [6, 6.07) is 0. The van der Waals surface area contributed by atoms with Gasteiger partial charge < -0.3 is 19.7 Å². The zero-order chi connectivity index (χ0) is 16.4. The molecular formula is C13H20O8. The lowest BCUT2D eigenvalue weighted by atomic mass is 9.98. The number of ether oxygens (including phenoxy) is 2. The molecule has 0 amide bonds. The third-order valence-corrected chi connectivity index (χ3v) is 2.83. The van der Waals surface area contributed by atoms with Gasteiger partial charge in [-0.1, -0.05) is 6.92 Å². The molecule has 2 unspecified atom stereocenters. The van der Waals surface area contributed by atoms with Crippen LogP contribution in [0.1, 0.15) is 32.6 Å². The number of esters is 2. The van der Waals surface area contributed by atoms with E-state index in [0.29, 0.717) is 0 Å². The van der Waals surface area contributed by atoms with Crippen LogP contribution < -0.4 is 0 Å². The summed E-state index contributed by atoms with van der Waals surface area (Å²) in [6.45, 7) is 1.31. The number of aliphatic carboxylic acids is 2. The quantitative estimate of drug-likeness (QED) is 0.564. The Morgan fingerprint density at radius 3 is 2.10 bits per heavy atom. The number of rotatable bonds is 10. The van der Waals surface area contributed by atoms with Crippen molar-refractivity contribution >= 4 is 23.9 Å². The Morgan fingerprint density at radius 2 is 1.62 bits per heavy atom. The van der Waals surface area contributed by atoms with Gasteiger partial charge in [0.05, 0.1) is 26.1 Å². The summed E-state index contributed by atoms with van der Waals surface area (Å²) in [7, 11) is 1.20. The maximum absolute atomic E-state index is 11.3. The van der Waals surface area contributed by atoms with Crippen molar-refractivity contribution in [2.45, 2.75) is 32.6 Å². The van der Waals surface area contributed by atoms with Gasteiger partial charge in [-0.3, -0.25) is 19.2 Å². The van der Waals surface area contributed by atoms with Gasteiger partial charge in [0.25, 0.3) is 0 Å². The molecule has 120 valence electrons. The Balaban J connectivity index is 4.17. The minimum Gasteiger partial charge on any atom is -0.481 e. The lowest BCUT2D eigenvalue weighted by Crippen LogP contribution is -2.19. The second kappa shape index (κ2) is 9.73. The lowest BCUT2D eigenvalue weighted by Gasteiger charge is -2.14. The van der Waals surface area contributed by atoms with E-state index in [1.54, 1.807) is 0 Å². The predicted octanol–water partition coefficient (Wildman–Crippen LogP) is 0.684. The van der Waals surface area contributed by atoms with Crippen molar-refractivity contribution in [2.24, 2.45) is 11.8 Å². The Hall–Kier alpha value is -2.12. The van der Waals surface area contributed by atoms with Gasteiger partial charge in [0, 0.05) is 12.8 Å². The Bertz CT molecular complexity index is 390. The molecule has 0 radical (unpaired) electrons. The number of carbonyl (C=O) groups is 4. The van der Waals surface area contributed by atoms with Crippen molar-refractivity contribution in [1.29, 1.82) is 0 Å². The smallest absolute Gasteiger partial charge is 0.306 e. The summed E-state index contributed by atoms with van der Waals surface area (Å²) in [5.41, 5.74) is 0. The summed E-state index contributed by atoms with van der Waals surface area (Å²) >= 11 is 0. The first-order valence-corrected chi connectivity index (χ1v) is 6.43. The maximum atomic E-state index is 11.3. The molecule has 2 N–H and O–H groups in total. The highest BCUT2D eigenvalue weighted by molar-refractivity contribution is 5.78. The van der Waals surface area contributed by atoms with Crippen LogP contribution in [-0.4, -0.2) is 47.8 Å². The van der Waals surface area contributed by atoms with Crippen LogP contribution in [0.15, 0.2) is 0 Å². The second-order valence-corrected chi connectivity index (χ2v) is 4.70. The highest BCUT2D eigenvalue weighted by atomic mass is 16.5. The molecule has 0 aromatic carbocycles. The summed E-state index contributed by atoms with van der Waals surface area (Å²) < 4.78 is 9.31. The average molecular weight is 304 g/mol. The molecule has 0 rings (SSSR count). The Kier molecular flexibility index (Phi) is 8.75. The van der Waals surface area contributed by atoms with E-state index in [2.05, 4.69) is 4.74 Å². The van der Waals surface area contributed by atoms with Crippen LogP contribution in [0.2, 0.25) is 0 Å². The molecule has 0 saturated heterocycles. The molecule has 0 aliphatic rings. The van der Waals surface area contributed by atoms with Gasteiger partial charge in [0.2, 0.25) is 0 Å². The van der Waals surface area contributed by atoms with Gasteiger partial charge in [-0.25, -0.2) is 0 Å². The molecule has 0 aliphatic heterocycles. The minimum atomic E-state index is -1.10. The van der Waals surface area contributed by atoms with E-state index in [-0.39, 0.29) is 32.3 Å². The van der Waals surface area contributed by atoms with E-state index >= 15 is 0 Å². The monoisotopic (exact) mass is 304 g/mol. The van der Waals surface area contributed by atoms with Crippen molar-refractivity contribution in [2.75, 3.05) is 13.7 Å². The standard InChI is InChI=1S/C13H20O8/c1-8(13(18)19)5-12(17)21-4-3-9(6-10(14)15)7-11(16)20-2/h8-9H,3-7H2,1-2H3,(H,14,15)(H,18,19). The number of methoxy groups -OCH3 is 1. The molecule has 0 aliphatic carbocycles. The van der Waals surface area contributed by atoms with Crippen molar-refractivity contribution in [3.8, 4) is 0 Å². The zero-order valence-electron chi connectivity index (χ0n) is 12.0. The Morgan fingerprint density at radius 1 is 1.00 bits per heavy atom. The van der Waals surface area contributed by atoms with Gasteiger partial charge in [0.15, 0.2) is 0 Å². The maximum Gasteiger partial charge on any atom is 0.306 e. The van der Waals surface area contributed by atoms with Gasteiger partial charge in [-0.05, 0) is 12.3 Å². The van der Waals surface area contributed by atoms with Gasteiger partial charge in [0.1, 0.15) is 0 Å². The summed E-state index contributed by atoms with van der Waals surface area (Å²) in [4.78, 5) is 43.7. The average Bonchev–Trinajstić information content (AvgIpc) is 2.37. The topological polar surface area (TPSA) is 127 Å². The second-order valence-electron chi connectivity index (χ2n) is 4.70. The van der Waals surface area contributed by atoms with Crippen LogP contribution in [0.25, 0.3) is 0 Å². The van der Waals surface area contributed by atoms with E-state index < -0.39 is 35.7 Å². The predicted molar refractivity (Wildman–Crippen MR) is 69.4 cm³/mol. The van der Waals surface area contributed by atoms with Crippen LogP contribution >= 0.6 is 0 Å². The van der Waals surface area contributed by atoms with Crippen LogP contribution in [0, 0.1) is 11.8 Å². The highest BCUT2D eigenvalue weighted by Gasteiger charge is 2.20. The molecule has 8 nitrogen and oxygen atoms in total. The third kappa shape index (κ3) is 9.42. The zero-order valence-corrected chi connectivity index (χ0v) is 12.0. The van der Waals surface area contributed by atoms with E-state index in [4.69, 9.17) is 14.9 Å². The third-order valence-electron chi connectivity index (χ3n) is 2.83. The van der Waals surface area contributed by atoms with Crippen molar-refractivity contribution < 1.29 is 38.9 Å². The lowest BCUT2D eigenvalue weighted by molar-refractivity contribution is -0.151. The van der Waals surface area contributed by atoms with Gasteiger partial charge >= 0.3 is 23.9 Å². The molecule has 0 aromatic heterocycles. The number of carbonyl (C=O) groups excluding carboxylic acids is 2. The fourth-order valence-electron chi connectivity index (χ4n) is 1.58. The van der Waals surface area contributed by atoms with Crippen molar-refractivity contribution in [3.63, 3.8) is 0 Å². The molecule has 2 atom stereocenters. The van der Waals surface area contributed by atoms with E-state index in [0.717, 1.165) is 0 Å². The summed E-state index contributed by atoms with van der Waals surface area (Å²) in [6.07, 6.45) is -0.380. The highest BCUT2D eigenvalue weighted by Crippen LogP contribution is 2.15. The first-order valence-electron chi connectivity index (χ1n) is 6.43. The Labute approximate surface area is 122 Å². The first-order chi connectivity index (χ1) is 9.76. The molecular weight excluding hydrogens is 284 g/mol. The number of hydrogen-bond acceptors (Lipinski definition) is 6. The van der Waals surface area contributed by atoms with Gasteiger partial charge in [-0.2, -0.15) is 0 Å². The molecule has 21 heavy (non-hydrogen) atoms. The van der Waals surface area contributed by atoms with Crippen molar-refractivity contribution in [1.82, 2.24) is 0 Å². The summed E-state index contributed by atoms with van der Waals surface area (Å²) in [5.74, 6) is -4.71. The van der Waals surface area contributed by atoms with Gasteiger partial charge in [-0.15, -0.1) is 0 Å². The first kappa shape index (κ1) is 18.9. The van der Waals surface area contributed by atoms with E-state index in [9.17, 15) is 19.2 Å². The number of carboxylic acids is 2. The van der Waals surface area contributed by atoms with Crippen LogP contribution in [0.5, 0.6) is 0 Å². The minimum absolute atomic E-state index is 0.0693. The molecule has 8 heteroatoms. The fourth-order valence-corrected chi connectivity index (χ4v) is 1.58. The number of hydrogen-bond donors (Lipinski definition) is 2. The molecule has 0 spiro atoms. The summed E-state index contributed by atoms with van der Waals surface area (Å²) in [5, 5.41) is 17.4. The van der Waals surface area contributed by atoms with Crippen LogP contribution in [-0.2, 0) is 28.7 Å². The fraction of sp³-hybridized carbons (Fsp3) is 0.692. The van der Waals surface area contributed by atoms with Crippen LogP contribution in [0.4, 0.5) is 0 Å². The van der Waals surface area contributed by atoms with Crippen LogP contribution in [0.3, 0.4) is 0 Å².